The van der Waals surface area contributed by atoms with Crippen LogP contribution >= 0.6 is 23.4 Å². The van der Waals surface area contributed by atoms with Crippen molar-refractivity contribution in [2.24, 2.45) is 0 Å². The summed E-state index contributed by atoms with van der Waals surface area (Å²) in [7, 11) is 0. The van der Waals surface area contributed by atoms with Crippen molar-refractivity contribution >= 4 is 29.3 Å². The summed E-state index contributed by atoms with van der Waals surface area (Å²) < 4.78 is 5.47. The molecule has 0 amide bonds. The van der Waals surface area contributed by atoms with E-state index in [4.69, 9.17) is 16.3 Å². The standard InChI is InChI=1S/C15H15ClN2O2S/c1-8-5-9(2)13(10(3)6-8)20-14(19)12-11(16)7-17-15(18-12)21-4/h5-7H,1-4H3. The van der Waals surface area contributed by atoms with Gasteiger partial charge in [0.05, 0.1) is 11.2 Å². The van der Waals surface area contributed by atoms with E-state index in [0.29, 0.717) is 10.9 Å². The van der Waals surface area contributed by atoms with E-state index in [-0.39, 0.29) is 10.7 Å². The minimum Gasteiger partial charge on any atom is -0.421 e. The average molecular weight is 323 g/mol. The molecule has 0 aliphatic carbocycles. The van der Waals surface area contributed by atoms with Crippen LogP contribution in [0.2, 0.25) is 5.02 Å². The van der Waals surface area contributed by atoms with Gasteiger partial charge in [0, 0.05) is 0 Å². The van der Waals surface area contributed by atoms with Crippen molar-refractivity contribution < 1.29 is 9.53 Å². The van der Waals surface area contributed by atoms with Crippen LogP contribution in [0.15, 0.2) is 23.5 Å². The highest BCUT2D eigenvalue weighted by molar-refractivity contribution is 7.98. The van der Waals surface area contributed by atoms with Crippen molar-refractivity contribution in [3.8, 4) is 5.75 Å². The molecule has 1 aromatic heterocycles. The Morgan fingerprint density at radius 1 is 1.24 bits per heavy atom. The number of hydrogen-bond acceptors (Lipinski definition) is 5. The minimum atomic E-state index is -0.576. The molecule has 0 fully saturated rings. The monoisotopic (exact) mass is 322 g/mol. The van der Waals surface area contributed by atoms with Gasteiger partial charge in [0.25, 0.3) is 0 Å². The van der Waals surface area contributed by atoms with Crippen molar-refractivity contribution in [2.45, 2.75) is 25.9 Å². The zero-order valence-electron chi connectivity index (χ0n) is 12.2. The number of ether oxygens (including phenoxy) is 1. The van der Waals surface area contributed by atoms with E-state index in [1.54, 1.807) is 0 Å². The number of thioether (sulfide) groups is 1. The average Bonchev–Trinajstić information content (AvgIpc) is 2.43. The van der Waals surface area contributed by atoms with Crippen LogP contribution in [-0.2, 0) is 0 Å². The van der Waals surface area contributed by atoms with Gasteiger partial charge >= 0.3 is 5.97 Å². The molecule has 0 spiro atoms. The van der Waals surface area contributed by atoms with Crippen molar-refractivity contribution in [1.29, 1.82) is 0 Å². The van der Waals surface area contributed by atoms with E-state index in [9.17, 15) is 4.79 Å². The summed E-state index contributed by atoms with van der Waals surface area (Å²) in [6.07, 6.45) is 3.23. The maximum Gasteiger partial charge on any atom is 0.364 e. The van der Waals surface area contributed by atoms with Gasteiger partial charge in [-0.2, -0.15) is 0 Å². The van der Waals surface area contributed by atoms with Gasteiger partial charge in [0.2, 0.25) is 0 Å². The smallest absolute Gasteiger partial charge is 0.364 e. The van der Waals surface area contributed by atoms with Crippen LogP contribution < -0.4 is 4.74 Å². The van der Waals surface area contributed by atoms with Crippen LogP contribution in [0.1, 0.15) is 27.2 Å². The van der Waals surface area contributed by atoms with E-state index in [1.807, 2.05) is 39.2 Å². The van der Waals surface area contributed by atoms with Gasteiger partial charge in [-0.1, -0.05) is 41.1 Å². The maximum atomic E-state index is 12.3. The number of carbonyl (C=O) groups excluding carboxylic acids is 1. The lowest BCUT2D eigenvalue weighted by molar-refractivity contribution is 0.0725. The SMILES string of the molecule is CSc1ncc(Cl)c(C(=O)Oc2c(C)cc(C)cc2C)n1. The Morgan fingerprint density at radius 3 is 2.43 bits per heavy atom. The van der Waals surface area contributed by atoms with E-state index >= 15 is 0 Å². The Morgan fingerprint density at radius 2 is 1.86 bits per heavy atom. The molecule has 0 atom stereocenters. The van der Waals surface area contributed by atoms with Crippen molar-refractivity contribution in [2.75, 3.05) is 6.26 Å². The first-order chi connectivity index (χ1) is 9.92. The molecule has 0 aliphatic heterocycles. The number of esters is 1. The molecule has 21 heavy (non-hydrogen) atoms. The number of nitrogens with zero attached hydrogens (tertiary/aromatic N) is 2. The Hall–Kier alpha value is -1.59. The number of hydrogen-bond donors (Lipinski definition) is 0. The van der Waals surface area contributed by atoms with Crippen molar-refractivity contribution in [3.63, 3.8) is 0 Å². The molecule has 0 N–H and O–H groups in total. The molecule has 0 unspecified atom stereocenters. The number of carbonyl (C=O) groups is 1. The van der Waals surface area contributed by atoms with Crippen LogP contribution in [0.4, 0.5) is 0 Å². The fourth-order valence-corrected chi connectivity index (χ4v) is 2.57. The first-order valence-corrected chi connectivity index (χ1v) is 7.89. The zero-order valence-corrected chi connectivity index (χ0v) is 13.8. The third kappa shape index (κ3) is 3.54. The molecular weight excluding hydrogens is 308 g/mol. The van der Waals surface area contributed by atoms with E-state index in [1.165, 1.54) is 18.0 Å². The molecular formula is C15H15ClN2O2S. The number of aryl methyl sites for hydroxylation is 3. The minimum absolute atomic E-state index is 0.0791. The van der Waals surface area contributed by atoms with Crippen LogP contribution in [0.3, 0.4) is 0 Å². The summed E-state index contributed by atoms with van der Waals surface area (Å²) in [6.45, 7) is 5.80. The summed E-state index contributed by atoms with van der Waals surface area (Å²) in [6, 6.07) is 3.93. The molecule has 4 nitrogen and oxygen atoms in total. The number of rotatable bonds is 3. The van der Waals surface area contributed by atoms with Crippen molar-refractivity contribution in [1.82, 2.24) is 9.97 Å². The predicted octanol–water partition coefficient (Wildman–Crippen LogP) is 4.00. The normalized spacial score (nSPS) is 10.5. The van der Waals surface area contributed by atoms with Gasteiger partial charge < -0.3 is 4.74 Å². The fraction of sp³-hybridized carbons (Fsp3) is 0.267. The second-order valence-corrected chi connectivity index (χ2v) is 5.85. The van der Waals surface area contributed by atoms with Crippen LogP contribution in [0.25, 0.3) is 0 Å². The maximum absolute atomic E-state index is 12.3. The molecule has 2 rings (SSSR count). The van der Waals surface area contributed by atoms with Gasteiger partial charge in [0.15, 0.2) is 10.9 Å². The molecule has 0 bridgehead atoms. The lowest BCUT2D eigenvalue weighted by Gasteiger charge is -2.12. The van der Waals surface area contributed by atoms with E-state index in [0.717, 1.165) is 16.7 Å². The zero-order chi connectivity index (χ0) is 15.6. The molecule has 1 aromatic carbocycles. The van der Waals surface area contributed by atoms with Crippen molar-refractivity contribution in [3.05, 3.63) is 45.7 Å². The van der Waals surface area contributed by atoms with Crippen LogP contribution in [0, 0.1) is 20.8 Å². The van der Waals surface area contributed by atoms with E-state index < -0.39 is 5.97 Å². The van der Waals surface area contributed by atoms with Gasteiger partial charge in [-0.15, -0.1) is 0 Å². The summed E-state index contributed by atoms with van der Waals surface area (Å²) in [5.41, 5.74) is 3.00. The largest absolute Gasteiger partial charge is 0.421 e. The van der Waals surface area contributed by atoms with Crippen LogP contribution in [-0.4, -0.2) is 22.2 Å². The molecule has 6 heteroatoms. The number of aromatic nitrogens is 2. The summed E-state index contributed by atoms with van der Waals surface area (Å²) in [5.74, 6) is -0.0290. The highest BCUT2D eigenvalue weighted by Gasteiger charge is 2.18. The number of halogens is 1. The fourth-order valence-electron chi connectivity index (χ4n) is 2.06. The van der Waals surface area contributed by atoms with Crippen LogP contribution in [0.5, 0.6) is 5.75 Å². The Bertz CT molecular complexity index is 681. The predicted molar refractivity (Wildman–Crippen MR) is 84.4 cm³/mol. The first kappa shape index (κ1) is 15.8. The molecule has 110 valence electrons. The highest BCUT2D eigenvalue weighted by Crippen LogP contribution is 2.26. The molecule has 0 aliphatic rings. The summed E-state index contributed by atoms with van der Waals surface area (Å²) >= 11 is 7.32. The topological polar surface area (TPSA) is 52.1 Å². The van der Waals surface area contributed by atoms with Gasteiger partial charge in [-0.3, -0.25) is 0 Å². The second kappa shape index (κ2) is 6.45. The van der Waals surface area contributed by atoms with Gasteiger partial charge in [-0.05, 0) is 38.2 Å². The molecule has 0 saturated carbocycles. The Labute approximate surface area is 132 Å². The molecule has 1 heterocycles. The third-order valence-electron chi connectivity index (χ3n) is 2.90. The van der Waals surface area contributed by atoms with Gasteiger partial charge in [0.1, 0.15) is 5.75 Å². The molecule has 2 aromatic rings. The quantitative estimate of drug-likeness (QED) is 0.370. The Balaban J connectivity index is 2.35. The second-order valence-electron chi connectivity index (χ2n) is 4.67. The highest BCUT2D eigenvalue weighted by atomic mass is 35.5. The lowest BCUT2D eigenvalue weighted by Crippen LogP contribution is -2.13. The summed E-state index contributed by atoms with van der Waals surface area (Å²) in [5, 5.41) is 0.656. The molecule has 0 radical (unpaired) electrons. The molecule has 0 saturated heterocycles. The van der Waals surface area contributed by atoms with E-state index in [2.05, 4.69) is 9.97 Å². The number of benzene rings is 1. The lowest BCUT2D eigenvalue weighted by atomic mass is 10.1. The Kier molecular flexibility index (Phi) is 4.85. The van der Waals surface area contributed by atoms with Gasteiger partial charge in [-0.25, -0.2) is 14.8 Å². The summed E-state index contributed by atoms with van der Waals surface area (Å²) in [4.78, 5) is 20.4. The first-order valence-electron chi connectivity index (χ1n) is 6.29. The third-order valence-corrected chi connectivity index (χ3v) is 3.74.